The van der Waals surface area contributed by atoms with Crippen LogP contribution in [0.15, 0.2) is 30.3 Å². The summed E-state index contributed by atoms with van der Waals surface area (Å²) in [7, 11) is 0. The van der Waals surface area contributed by atoms with Crippen molar-refractivity contribution in [2.75, 3.05) is 12.5 Å². The van der Waals surface area contributed by atoms with Crippen LogP contribution in [0.1, 0.15) is 6.42 Å². The highest BCUT2D eigenvalue weighted by Gasteiger charge is 1.99. The number of rotatable bonds is 5. The van der Waals surface area contributed by atoms with Crippen molar-refractivity contribution in [3.05, 3.63) is 30.3 Å². The minimum absolute atomic E-state index is 0.0117. The predicted octanol–water partition coefficient (Wildman–Crippen LogP) is 2.26. The lowest BCUT2D eigenvalue weighted by atomic mass is 10.3. The molecule has 1 aromatic rings. The second-order valence-electron chi connectivity index (χ2n) is 2.58. The largest absolute Gasteiger partial charge is 0.493 e. The van der Waals surface area contributed by atoms with E-state index in [9.17, 15) is 4.79 Å². The van der Waals surface area contributed by atoms with Gasteiger partial charge in [0, 0.05) is 6.42 Å². The van der Waals surface area contributed by atoms with Crippen LogP contribution in [0.25, 0.3) is 0 Å². The number of carbonyl (C=O) groups is 1. The minimum Gasteiger partial charge on any atom is -0.493 e. The zero-order chi connectivity index (χ0) is 9.52. The third kappa shape index (κ3) is 3.95. The van der Waals surface area contributed by atoms with Crippen LogP contribution in [0.3, 0.4) is 0 Å². The molecule has 70 valence electrons. The lowest BCUT2D eigenvalue weighted by Crippen LogP contribution is -2.06. The van der Waals surface area contributed by atoms with Crippen molar-refractivity contribution >= 4 is 17.4 Å². The van der Waals surface area contributed by atoms with Gasteiger partial charge < -0.3 is 4.74 Å². The van der Waals surface area contributed by atoms with Gasteiger partial charge in [0.15, 0.2) is 5.78 Å². The lowest BCUT2D eigenvalue weighted by Gasteiger charge is -2.03. The standard InChI is InChI=1S/C10H11ClO2/c11-8-9(12)6-7-13-10-4-2-1-3-5-10/h1-5H,6-8H2. The zero-order valence-corrected chi connectivity index (χ0v) is 7.96. The van der Waals surface area contributed by atoms with Crippen LogP contribution in [0.4, 0.5) is 0 Å². The third-order valence-corrected chi connectivity index (χ3v) is 1.84. The molecule has 0 bridgehead atoms. The molecular weight excluding hydrogens is 188 g/mol. The highest BCUT2D eigenvalue weighted by atomic mass is 35.5. The lowest BCUT2D eigenvalue weighted by molar-refractivity contribution is -0.117. The fourth-order valence-electron chi connectivity index (χ4n) is 0.866. The second kappa shape index (κ2) is 5.60. The highest BCUT2D eigenvalue weighted by molar-refractivity contribution is 6.27. The molecule has 2 nitrogen and oxygen atoms in total. The summed E-state index contributed by atoms with van der Waals surface area (Å²) in [6.45, 7) is 0.398. The van der Waals surface area contributed by atoms with Gasteiger partial charge in [0.2, 0.25) is 0 Å². The molecule has 0 aliphatic rings. The molecule has 0 aliphatic carbocycles. The number of halogens is 1. The number of ketones is 1. The Bertz CT molecular complexity index is 259. The first kappa shape index (κ1) is 10.1. The summed E-state index contributed by atoms with van der Waals surface area (Å²) >= 11 is 5.33. The smallest absolute Gasteiger partial charge is 0.150 e. The van der Waals surface area contributed by atoms with Crippen molar-refractivity contribution in [3.63, 3.8) is 0 Å². The van der Waals surface area contributed by atoms with Crippen molar-refractivity contribution in [1.82, 2.24) is 0 Å². The van der Waals surface area contributed by atoms with Crippen molar-refractivity contribution in [2.45, 2.75) is 6.42 Å². The van der Waals surface area contributed by atoms with Gasteiger partial charge in [0.25, 0.3) is 0 Å². The molecule has 0 N–H and O–H groups in total. The van der Waals surface area contributed by atoms with E-state index in [0.29, 0.717) is 13.0 Å². The summed E-state index contributed by atoms with van der Waals surface area (Å²) in [5.41, 5.74) is 0. The number of carbonyl (C=O) groups excluding carboxylic acids is 1. The Balaban J connectivity index is 2.24. The van der Waals surface area contributed by atoms with Gasteiger partial charge in [-0.3, -0.25) is 4.79 Å². The molecule has 3 heteroatoms. The summed E-state index contributed by atoms with van der Waals surface area (Å²) in [5, 5.41) is 0. The van der Waals surface area contributed by atoms with Gasteiger partial charge in [-0.1, -0.05) is 18.2 Å². The Labute approximate surface area is 82.5 Å². The average molecular weight is 199 g/mol. The Morgan fingerprint density at radius 2 is 2.00 bits per heavy atom. The first-order chi connectivity index (χ1) is 6.33. The fourth-order valence-corrected chi connectivity index (χ4v) is 1.000. The summed E-state index contributed by atoms with van der Waals surface area (Å²) in [4.78, 5) is 10.8. The maximum absolute atomic E-state index is 10.8. The van der Waals surface area contributed by atoms with E-state index in [1.54, 1.807) is 0 Å². The number of para-hydroxylation sites is 1. The molecule has 0 spiro atoms. The molecule has 0 aliphatic heterocycles. The van der Waals surface area contributed by atoms with E-state index in [1.807, 2.05) is 30.3 Å². The number of Topliss-reactive ketones (excluding diaryl/α,β-unsaturated/α-hetero) is 1. The topological polar surface area (TPSA) is 26.3 Å². The Hall–Kier alpha value is -1.02. The Morgan fingerprint density at radius 3 is 2.62 bits per heavy atom. The van der Waals surface area contributed by atoms with Gasteiger partial charge in [0.1, 0.15) is 5.75 Å². The molecule has 0 atom stereocenters. The van der Waals surface area contributed by atoms with Crippen LogP contribution in [0.5, 0.6) is 5.75 Å². The molecule has 1 rings (SSSR count). The summed E-state index contributed by atoms with van der Waals surface area (Å²) in [6, 6.07) is 9.39. The number of alkyl halides is 1. The third-order valence-electron chi connectivity index (χ3n) is 1.54. The molecule has 1 aromatic carbocycles. The zero-order valence-electron chi connectivity index (χ0n) is 7.20. The average Bonchev–Trinajstić information content (AvgIpc) is 2.19. The van der Waals surface area contributed by atoms with E-state index in [1.165, 1.54) is 0 Å². The van der Waals surface area contributed by atoms with Crippen LogP contribution in [0.2, 0.25) is 0 Å². The van der Waals surface area contributed by atoms with E-state index < -0.39 is 0 Å². The van der Waals surface area contributed by atoms with Gasteiger partial charge in [-0.15, -0.1) is 11.6 Å². The monoisotopic (exact) mass is 198 g/mol. The van der Waals surface area contributed by atoms with Crippen molar-refractivity contribution < 1.29 is 9.53 Å². The molecule has 0 radical (unpaired) electrons. The summed E-state index contributed by atoms with van der Waals surface area (Å²) < 4.78 is 5.30. The van der Waals surface area contributed by atoms with Gasteiger partial charge >= 0.3 is 0 Å². The molecule has 0 fully saturated rings. The number of hydrogen-bond donors (Lipinski definition) is 0. The Morgan fingerprint density at radius 1 is 1.31 bits per heavy atom. The van der Waals surface area contributed by atoms with Crippen LogP contribution in [-0.2, 0) is 4.79 Å². The minimum atomic E-state index is 0.0117. The van der Waals surface area contributed by atoms with E-state index in [0.717, 1.165) is 5.75 Å². The first-order valence-electron chi connectivity index (χ1n) is 4.08. The Kier molecular flexibility index (Phi) is 4.33. The van der Waals surface area contributed by atoms with Gasteiger partial charge in [-0.2, -0.15) is 0 Å². The fraction of sp³-hybridized carbons (Fsp3) is 0.300. The maximum atomic E-state index is 10.8. The highest BCUT2D eigenvalue weighted by Crippen LogP contribution is 2.08. The number of ether oxygens (including phenoxy) is 1. The number of hydrogen-bond acceptors (Lipinski definition) is 2. The molecule has 0 unspecified atom stereocenters. The van der Waals surface area contributed by atoms with E-state index >= 15 is 0 Å². The van der Waals surface area contributed by atoms with E-state index in [-0.39, 0.29) is 11.7 Å². The van der Waals surface area contributed by atoms with Crippen LogP contribution < -0.4 is 4.74 Å². The summed E-state index contributed by atoms with van der Waals surface area (Å²) in [6.07, 6.45) is 0.373. The van der Waals surface area contributed by atoms with Gasteiger partial charge in [-0.25, -0.2) is 0 Å². The molecule has 0 heterocycles. The molecule has 0 saturated heterocycles. The van der Waals surface area contributed by atoms with Crippen LogP contribution in [0, 0.1) is 0 Å². The molecule has 0 aromatic heterocycles. The molecule has 0 amide bonds. The SMILES string of the molecule is O=C(CCl)CCOc1ccccc1. The van der Waals surface area contributed by atoms with Crippen LogP contribution >= 0.6 is 11.6 Å². The van der Waals surface area contributed by atoms with Crippen LogP contribution in [-0.4, -0.2) is 18.3 Å². The first-order valence-corrected chi connectivity index (χ1v) is 4.62. The van der Waals surface area contributed by atoms with Gasteiger partial charge in [0.05, 0.1) is 12.5 Å². The number of benzene rings is 1. The van der Waals surface area contributed by atoms with Crippen molar-refractivity contribution in [2.24, 2.45) is 0 Å². The molecular formula is C10H11ClO2. The molecule has 13 heavy (non-hydrogen) atoms. The van der Waals surface area contributed by atoms with E-state index in [4.69, 9.17) is 16.3 Å². The quantitative estimate of drug-likeness (QED) is 0.679. The van der Waals surface area contributed by atoms with Crippen molar-refractivity contribution in [1.29, 1.82) is 0 Å². The maximum Gasteiger partial charge on any atom is 0.150 e. The summed E-state index contributed by atoms with van der Waals surface area (Å²) in [5.74, 6) is 0.862. The van der Waals surface area contributed by atoms with Crippen molar-refractivity contribution in [3.8, 4) is 5.75 Å². The normalized spacial score (nSPS) is 9.62. The van der Waals surface area contributed by atoms with E-state index in [2.05, 4.69) is 0 Å². The molecule has 0 saturated carbocycles. The predicted molar refractivity (Wildman–Crippen MR) is 52.3 cm³/mol. The van der Waals surface area contributed by atoms with Gasteiger partial charge in [-0.05, 0) is 12.1 Å². The second-order valence-corrected chi connectivity index (χ2v) is 2.85.